The van der Waals surface area contributed by atoms with Gasteiger partial charge in [-0.3, -0.25) is 0 Å². The van der Waals surface area contributed by atoms with Crippen LogP contribution in [0.2, 0.25) is 0 Å². The maximum atomic E-state index is 6.03. The molecule has 1 fully saturated rings. The molecule has 0 heterocycles. The van der Waals surface area contributed by atoms with Gasteiger partial charge in [-0.05, 0) is 37.8 Å². The predicted molar refractivity (Wildman–Crippen MR) is 71.1 cm³/mol. The molecule has 2 rings (SSSR count). The molecular weight excluding hydrogens is 210 g/mol. The summed E-state index contributed by atoms with van der Waals surface area (Å²) < 4.78 is 6.03. The van der Waals surface area contributed by atoms with Crippen LogP contribution in [0.4, 0.5) is 0 Å². The molecule has 1 atom stereocenters. The maximum Gasteiger partial charge on any atom is 0.0949 e. The van der Waals surface area contributed by atoms with Crippen molar-refractivity contribution in [2.24, 2.45) is 5.92 Å². The van der Waals surface area contributed by atoms with E-state index in [0.29, 0.717) is 0 Å². The molecule has 1 unspecified atom stereocenters. The predicted octanol–water partition coefficient (Wildman–Crippen LogP) is 3.07. The monoisotopic (exact) mass is 233 g/mol. The summed E-state index contributed by atoms with van der Waals surface area (Å²) in [7, 11) is 0. The van der Waals surface area contributed by atoms with Crippen molar-refractivity contribution in [1.82, 2.24) is 5.32 Å². The van der Waals surface area contributed by atoms with Gasteiger partial charge in [-0.2, -0.15) is 0 Å². The molecule has 17 heavy (non-hydrogen) atoms. The highest BCUT2D eigenvalue weighted by Crippen LogP contribution is 2.31. The summed E-state index contributed by atoms with van der Waals surface area (Å²) in [4.78, 5) is 0. The molecule has 0 aromatic heterocycles. The summed E-state index contributed by atoms with van der Waals surface area (Å²) in [6.45, 7) is 7.08. The molecule has 1 aromatic rings. The number of ether oxygens (including phenoxy) is 1. The lowest BCUT2D eigenvalue weighted by Gasteiger charge is -2.19. The van der Waals surface area contributed by atoms with Crippen LogP contribution < -0.4 is 5.32 Å². The van der Waals surface area contributed by atoms with Gasteiger partial charge in [0.05, 0.1) is 12.7 Å². The van der Waals surface area contributed by atoms with Crippen LogP contribution in [0, 0.1) is 12.8 Å². The van der Waals surface area contributed by atoms with Crippen LogP contribution in [0.1, 0.15) is 37.0 Å². The topological polar surface area (TPSA) is 21.3 Å². The van der Waals surface area contributed by atoms with Gasteiger partial charge in [0.2, 0.25) is 0 Å². The number of hydrogen-bond acceptors (Lipinski definition) is 2. The van der Waals surface area contributed by atoms with Crippen LogP contribution in [-0.4, -0.2) is 19.7 Å². The van der Waals surface area contributed by atoms with Gasteiger partial charge in [-0.1, -0.05) is 36.8 Å². The first kappa shape index (κ1) is 12.6. The van der Waals surface area contributed by atoms with Crippen molar-refractivity contribution in [2.75, 3.05) is 19.7 Å². The van der Waals surface area contributed by atoms with Crippen molar-refractivity contribution in [3.63, 3.8) is 0 Å². The highest BCUT2D eigenvalue weighted by atomic mass is 16.5. The lowest BCUT2D eigenvalue weighted by Crippen LogP contribution is -2.23. The Labute approximate surface area is 104 Å². The molecule has 1 aliphatic carbocycles. The Balaban J connectivity index is 1.93. The Kier molecular flexibility index (Phi) is 4.57. The van der Waals surface area contributed by atoms with Gasteiger partial charge >= 0.3 is 0 Å². The van der Waals surface area contributed by atoms with Gasteiger partial charge in [-0.15, -0.1) is 0 Å². The Hall–Kier alpha value is -0.860. The zero-order chi connectivity index (χ0) is 12.1. The molecule has 0 spiro atoms. The zero-order valence-corrected chi connectivity index (χ0v) is 10.9. The van der Waals surface area contributed by atoms with Gasteiger partial charge in [0.1, 0.15) is 0 Å². The molecule has 1 N–H and O–H groups in total. The number of benzene rings is 1. The first-order valence-corrected chi connectivity index (χ1v) is 6.68. The first-order valence-electron chi connectivity index (χ1n) is 6.68. The first-order chi connectivity index (χ1) is 8.29. The number of rotatable bonds is 7. The molecule has 94 valence electrons. The van der Waals surface area contributed by atoms with E-state index < -0.39 is 0 Å². The van der Waals surface area contributed by atoms with Crippen LogP contribution in [0.15, 0.2) is 24.3 Å². The molecule has 2 nitrogen and oxygen atoms in total. The van der Waals surface area contributed by atoms with E-state index in [2.05, 4.69) is 43.4 Å². The average molecular weight is 233 g/mol. The van der Waals surface area contributed by atoms with Crippen LogP contribution in [0.25, 0.3) is 0 Å². The SMILES string of the molecule is CCNCC(OCC1CC1)c1ccc(C)cc1. The van der Waals surface area contributed by atoms with Crippen molar-refractivity contribution in [1.29, 1.82) is 0 Å². The summed E-state index contributed by atoms with van der Waals surface area (Å²) in [5, 5.41) is 3.38. The molecule has 0 bridgehead atoms. The van der Waals surface area contributed by atoms with Crippen LogP contribution in [-0.2, 0) is 4.74 Å². The third-order valence-electron chi connectivity index (χ3n) is 3.26. The van der Waals surface area contributed by atoms with E-state index in [9.17, 15) is 0 Å². The lowest BCUT2D eigenvalue weighted by molar-refractivity contribution is 0.0456. The van der Waals surface area contributed by atoms with Gasteiger partial charge < -0.3 is 10.1 Å². The maximum absolute atomic E-state index is 6.03. The highest BCUT2D eigenvalue weighted by Gasteiger charge is 2.23. The fourth-order valence-electron chi connectivity index (χ4n) is 1.87. The largest absolute Gasteiger partial charge is 0.372 e. The van der Waals surface area contributed by atoms with Crippen LogP contribution in [0.3, 0.4) is 0 Å². The Morgan fingerprint density at radius 1 is 1.29 bits per heavy atom. The average Bonchev–Trinajstić information content (AvgIpc) is 3.15. The summed E-state index contributed by atoms with van der Waals surface area (Å²) in [5.41, 5.74) is 2.59. The second kappa shape index (κ2) is 6.18. The summed E-state index contributed by atoms with van der Waals surface area (Å²) >= 11 is 0. The highest BCUT2D eigenvalue weighted by molar-refractivity contribution is 5.23. The fourth-order valence-corrected chi connectivity index (χ4v) is 1.87. The molecular formula is C15H23NO. The Bertz CT molecular complexity index is 329. The van der Waals surface area contributed by atoms with Gasteiger partial charge in [0, 0.05) is 6.54 Å². The van der Waals surface area contributed by atoms with Crippen LogP contribution >= 0.6 is 0 Å². The van der Waals surface area contributed by atoms with Crippen molar-refractivity contribution < 1.29 is 4.74 Å². The smallest absolute Gasteiger partial charge is 0.0949 e. The summed E-state index contributed by atoms with van der Waals surface area (Å²) in [6.07, 6.45) is 2.90. The van der Waals surface area contributed by atoms with Gasteiger partial charge in [0.15, 0.2) is 0 Å². The minimum Gasteiger partial charge on any atom is -0.372 e. The van der Waals surface area contributed by atoms with E-state index in [1.54, 1.807) is 0 Å². The molecule has 0 saturated heterocycles. The molecule has 0 aliphatic heterocycles. The van der Waals surface area contributed by atoms with E-state index in [0.717, 1.165) is 25.6 Å². The second-order valence-corrected chi connectivity index (χ2v) is 4.98. The van der Waals surface area contributed by atoms with E-state index in [1.807, 2.05) is 0 Å². The lowest BCUT2D eigenvalue weighted by atomic mass is 10.1. The summed E-state index contributed by atoms with van der Waals surface area (Å²) in [6, 6.07) is 8.69. The van der Waals surface area contributed by atoms with Gasteiger partial charge in [0.25, 0.3) is 0 Å². The standard InChI is InChI=1S/C15H23NO/c1-3-16-10-15(17-11-13-6-7-13)14-8-4-12(2)5-9-14/h4-5,8-9,13,15-16H,3,6-7,10-11H2,1-2H3. The third-order valence-corrected chi connectivity index (χ3v) is 3.26. The van der Waals surface area contributed by atoms with Crippen molar-refractivity contribution in [3.8, 4) is 0 Å². The van der Waals surface area contributed by atoms with Gasteiger partial charge in [-0.25, -0.2) is 0 Å². The normalized spacial score (nSPS) is 17.1. The second-order valence-electron chi connectivity index (χ2n) is 4.98. The van der Waals surface area contributed by atoms with E-state index in [4.69, 9.17) is 4.74 Å². The fraction of sp³-hybridized carbons (Fsp3) is 0.600. The third kappa shape index (κ3) is 4.14. The summed E-state index contributed by atoms with van der Waals surface area (Å²) in [5.74, 6) is 0.824. The van der Waals surface area contributed by atoms with Crippen molar-refractivity contribution in [3.05, 3.63) is 35.4 Å². The number of hydrogen-bond donors (Lipinski definition) is 1. The number of aryl methyl sites for hydroxylation is 1. The number of nitrogens with one attached hydrogen (secondary N) is 1. The minimum absolute atomic E-state index is 0.205. The van der Waals surface area contributed by atoms with Crippen LogP contribution in [0.5, 0.6) is 0 Å². The minimum atomic E-state index is 0.205. The zero-order valence-electron chi connectivity index (χ0n) is 10.9. The number of likely N-dealkylation sites (N-methyl/N-ethyl adjacent to an activating group) is 1. The molecule has 1 aliphatic rings. The molecule has 0 amide bonds. The molecule has 1 saturated carbocycles. The Morgan fingerprint density at radius 3 is 2.59 bits per heavy atom. The quantitative estimate of drug-likeness (QED) is 0.781. The van der Waals surface area contributed by atoms with E-state index >= 15 is 0 Å². The molecule has 1 aromatic carbocycles. The Morgan fingerprint density at radius 2 is 2.00 bits per heavy atom. The van der Waals surface area contributed by atoms with E-state index in [1.165, 1.54) is 24.0 Å². The molecule has 0 radical (unpaired) electrons. The van der Waals surface area contributed by atoms with Crippen molar-refractivity contribution >= 4 is 0 Å². The van der Waals surface area contributed by atoms with E-state index in [-0.39, 0.29) is 6.10 Å². The van der Waals surface area contributed by atoms with Crippen molar-refractivity contribution in [2.45, 2.75) is 32.8 Å². The molecule has 2 heteroatoms.